The molecule has 0 saturated carbocycles. The van der Waals surface area contributed by atoms with Crippen molar-refractivity contribution in [2.45, 2.75) is 19.3 Å². The highest BCUT2D eigenvalue weighted by atomic mass is 79.9. The normalized spacial score (nSPS) is 12.7. The Balaban J connectivity index is 0.994. The molecule has 0 saturated heterocycles. The van der Waals surface area contributed by atoms with Gasteiger partial charge in [0.25, 0.3) is 0 Å². The fourth-order valence-corrected chi connectivity index (χ4v) is 13.1. The van der Waals surface area contributed by atoms with Gasteiger partial charge in [-0.1, -0.05) is 230 Å². The fourth-order valence-electron chi connectivity index (χ4n) is 12.6. The number of hydrogen-bond acceptors (Lipinski definition) is 3. The second-order valence-corrected chi connectivity index (χ2v) is 21.6. The maximum Gasteiger partial charge on any atom is 0.159 e. The summed E-state index contributed by atoms with van der Waals surface area (Å²) < 4.78 is 15.7. The van der Waals surface area contributed by atoms with E-state index in [2.05, 4.69) is 289 Å². The van der Waals surface area contributed by atoms with Crippen LogP contribution in [-0.4, -0.2) is 0 Å². The molecule has 0 fully saturated rings. The van der Waals surface area contributed by atoms with E-state index in [1.807, 2.05) is 0 Å². The van der Waals surface area contributed by atoms with E-state index in [1.54, 1.807) is 0 Å². The van der Waals surface area contributed by atoms with Crippen LogP contribution in [0.5, 0.6) is 0 Å². The van der Waals surface area contributed by atoms with Crippen LogP contribution in [0.4, 0.5) is 17.1 Å². The summed E-state index contributed by atoms with van der Waals surface area (Å²) in [6.07, 6.45) is 0. The number of halogens is 1. The number of nitrogens with zero attached hydrogens (tertiary/aromatic N) is 1. The van der Waals surface area contributed by atoms with Crippen molar-refractivity contribution >= 4 is 87.6 Å². The van der Waals surface area contributed by atoms with Gasteiger partial charge < -0.3 is 13.7 Å². The molecule has 15 rings (SSSR count). The summed E-state index contributed by atoms with van der Waals surface area (Å²) >= 11 is 4.11. The summed E-state index contributed by atoms with van der Waals surface area (Å²) in [7, 11) is 0. The van der Waals surface area contributed by atoms with E-state index in [4.69, 9.17) is 8.83 Å². The zero-order valence-corrected chi connectivity index (χ0v) is 44.0. The molecule has 77 heavy (non-hydrogen) atoms. The van der Waals surface area contributed by atoms with E-state index in [1.165, 1.54) is 44.5 Å². The predicted molar refractivity (Wildman–Crippen MR) is 326 cm³/mol. The molecule has 0 N–H and O–H groups in total. The molecule has 0 unspecified atom stereocenters. The van der Waals surface area contributed by atoms with Crippen molar-refractivity contribution in [3.63, 3.8) is 0 Å². The van der Waals surface area contributed by atoms with Crippen molar-refractivity contribution in [1.82, 2.24) is 0 Å². The summed E-state index contributed by atoms with van der Waals surface area (Å²) in [5.74, 6) is 0. The molecule has 0 spiro atoms. The molecule has 4 heteroatoms. The molecule has 14 aromatic rings. The molecule has 1 aliphatic carbocycles. The monoisotopic (exact) mass is 1050 g/mol. The molecule has 3 nitrogen and oxygen atoms in total. The number of hydrogen-bond donors (Lipinski definition) is 0. The van der Waals surface area contributed by atoms with Crippen LogP contribution in [0.2, 0.25) is 0 Å². The Hall–Kier alpha value is -9.22. The van der Waals surface area contributed by atoms with Crippen LogP contribution in [0.15, 0.2) is 268 Å². The smallest absolute Gasteiger partial charge is 0.159 e. The van der Waals surface area contributed by atoms with Crippen LogP contribution >= 0.6 is 15.9 Å². The van der Waals surface area contributed by atoms with Gasteiger partial charge in [-0.2, -0.15) is 0 Å². The minimum atomic E-state index is -0.142. The molecule has 1 aliphatic rings. The van der Waals surface area contributed by atoms with E-state index in [9.17, 15) is 0 Å². The molecule has 364 valence electrons. The molecule has 0 radical (unpaired) electrons. The lowest BCUT2D eigenvalue weighted by Gasteiger charge is -2.28. The SMILES string of the molecule is CC1(C)c2ccccc2-c2cc(N(c3cccc4cc(-c5ccccc5)ccc34)c3cccc4c3oc3c(-c5ccccc5)ccc(-c5c(Br)ccc6c5oc5cccc(-c7ccccc7-c7ccccc7)c56)c34)ccc21. The maximum atomic E-state index is 7.58. The van der Waals surface area contributed by atoms with Crippen molar-refractivity contribution < 1.29 is 8.83 Å². The van der Waals surface area contributed by atoms with E-state index in [0.717, 1.165) is 110 Å². The third-order valence-corrected chi connectivity index (χ3v) is 16.8. The first-order valence-electron chi connectivity index (χ1n) is 26.3. The Kier molecular flexibility index (Phi) is 10.4. The second-order valence-electron chi connectivity index (χ2n) is 20.8. The average molecular weight is 1050 g/mol. The summed E-state index contributed by atoms with van der Waals surface area (Å²) in [4.78, 5) is 2.43. The highest BCUT2D eigenvalue weighted by molar-refractivity contribution is 9.10. The van der Waals surface area contributed by atoms with Gasteiger partial charge in [-0.25, -0.2) is 0 Å². The third kappa shape index (κ3) is 7.09. The maximum absolute atomic E-state index is 7.58. The predicted octanol–water partition coefficient (Wildman–Crippen LogP) is 21.5. The Morgan fingerprint density at radius 3 is 1.75 bits per heavy atom. The van der Waals surface area contributed by atoms with Crippen molar-refractivity contribution in [2.24, 2.45) is 0 Å². The molecule has 2 aromatic heterocycles. The Labute approximate surface area is 455 Å². The van der Waals surface area contributed by atoms with Crippen LogP contribution in [0.3, 0.4) is 0 Å². The molecule has 0 bridgehead atoms. The van der Waals surface area contributed by atoms with Gasteiger partial charge in [0.05, 0.1) is 11.4 Å². The molecule has 0 atom stereocenters. The van der Waals surface area contributed by atoms with Crippen LogP contribution in [-0.2, 0) is 5.41 Å². The number of rotatable bonds is 8. The zero-order chi connectivity index (χ0) is 51.4. The summed E-state index contributed by atoms with van der Waals surface area (Å²) in [6, 6.07) is 91.9. The Morgan fingerprint density at radius 2 is 0.961 bits per heavy atom. The van der Waals surface area contributed by atoms with E-state index in [0.29, 0.717) is 0 Å². The quantitative estimate of drug-likeness (QED) is 0.152. The lowest BCUT2D eigenvalue weighted by molar-refractivity contribution is 0.660. The minimum absolute atomic E-state index is 0.142. The lowest BCUT2D eigenvalue weighted by atomic mass is 9.82. The largest absolute Gasteiger partial charge is 0.455 e. The second kappa shape index (κ2) is 17.7. The number of fused-ring (bicyclic) bond motifs is 10. The van der Waals surface area contributed by atoms with Gasteiger partial charge in [-0.05, 0) is 127 Å². The van der Waals surface area contributed by atoms with Crippen LogP contribution in [0.1, 0.15) is 25.0 Å². The lowest BCUT2D eigenvalue weighted by Crippen LogP contribution is -2.15. The van der Waals surface area contributed by atoms with E-state index < -0.39 is 0 Å². The zero-order valence-electron chi connectivity index (χ0n) is 42.4. The number of benzene rings is 12. The Morgan fingerprint density at radius 1 is 0.351 bits per heavy atom. The van der Waals surface area contributed by atoms with Gasteiger partial charge in [0.1, 0.15) is 16.7 Å². The fraction of sp³-hybridized carbons (Fsp3) is 0.0411. The standard InChI is InChI=1S/C73H48BrNO2/c1-73(2)61-31-15-14-28-55(61)60-44-50(36-41-62(60)73)75(64-32-16-25-49-43-48(35-37-52(49)64)45-19-6-3-7-20-45)65-33-17-30-58-68-57(39-38-53(71(68)77-70(58)65)47-23-10-5-11-24-47)69-63(74)42-40-59-67-56(29-18-34-66(67)76-72(59)69)54-27-13-12-26-51(54)46-21-8-4-9-22-46/h3-44H,1-2H3. The molecule has 0 amide bonds. The van der Waals surface area contributed by atoms with Crippen molar-refractivity contribution in [2.75, 3.05) is 4.90 Å². The van der Waals surface area contributed by atoms with Crippen molar-refractivity contribution in [3.05, 3.63) is 270 Å². The highest BCUT2D eigenvalue weighted by Crippen LogP contribution is 2.54. The van der Waals surface area contributed by atoms with Gasteiger partial charge in [0.2, 0.25) is 0 Å². The number of para-hydroxylation sites is 1. The molecular weight excluding hydrogens is 1000 g/mol. The average Bonchev–Trinajstić information content (AvgIpc) is 4.19. The van der Waals surface area contributed by atoms with Gasteiger partial charge in [-0.15, -0.1) is 0 Å². The minimum Gasteiger partial charge on any atom is -0.455 e. The Bertz CT molecular complexity index is 4660. The van der Waals surface area contributed by atoms with Crippen LogP contribution in [0, 0.1) is 0 Å². The first kappa shape index (κ1) is 45.2. The molecular formula is C73H48BrNO2. The molecule has 2 heterocycles. The van der Waals surface area contributed by atoms with Gasteiger partial charge in [0.15, 0.2) is 5.58 Å². The third-order valence-electron chi connectivity index (χ3n) is 16.2. The first-order chi connectivity index (χ1) is 37.9. The molecule has 0 aliphatic heterocycles. The van der Waals surface area contributed by atoms with Gasteiger partial charge in [0, 0.05) is 53.6 Å². The van der Waals surface area contributed by atoms with Crippen LogP contribution in [0.25, 0.3) is 121 Å². The van der Waals surface area contributed by atoms with Gasteiger partial charge in [-0.3, -0.25) is 0 Å². The van der Waals surface area contributed by atoms with Crippen molar-refractivity contribution in [3.8, 4) is 66.8 Å². The highest BCUT2D eigenvalue weighted by Gasteiger charge is 2.36. The van der Waals surface area contributed by atoms with Crippen LogP contribution < -0.4 is 4.90 Å². The summed E-state index contributed by atoms with van der Waals surface area (Å²) in [6.45, 7) is 4.69. The topological polar surface area (TPSA) is 29.5 Å². The summed E-state index contributed by atoms with van der Waals surface area (Å²) in [5, 5.41) is 6.44. The van der Waals surface area contributed by atoms with Crippen molar-refractivity contribution in [1.29, 1.82) is 0 Å². The van der Waals surface area contributed by atoms with Gasteiger partial charge >= 0.3 is 0 Å². The number of anilines is 3. The first-order valence-corrected chi connectivity index (χ1v) is 27.1. The molecule has 12 aromatic carbocycles. The summed E-state index contributed by atoms with van der Waals surface area (Å²) in [5.41, 5.74) is 22.4. The number of furan rings is 2. The van der Waals surface area contributed by atoms with E-state index >= 15 is 0 Å². The van der Waals surface area contributed by atoms with E-state index in [-0.39, 0.29) is 5.41 Å².